The van der Waals surface area contributed by atoms with Crippen LogP contribution in [0.2, 0.25) is 0 Å². The van der Waals surface area contributed by atoms with Gasteiger partial charge in [0.05, 0.1) is 12.7 Å². The third-order valence-corrected chi connectivity index (χ3v) is 7.17. The molecule has 0 atom stereocenters. The van der Waals surface area contributed by atoms with E-state index in [0.717, 1.165) is 62.9 Å². The Morgan fingerprint density at radius 2 is 1.44 bits per heavy atom. The molecule has 3 aromatic rings. The first kappa shape index (κ1) is 24.2. The maximum Gasteiger partial charge on any atom is 0.337 e. The van der Waals surface area contributed by atoms with Crippen molar-refractivity contribution in [3.8, 4) is 0 Å². The fourth-order valence-electron chi connectivity index (χ4n) is 5.19. The van der Waals surface area contributed by atoms with Crippen molar-refractivity contribution in [1.29, 1.82) is 0 Å². The number of likely N-dealkylation sites (tertiary alicyclic amines) is 1. The van der Waals surface area contributed by atoms with E-state index >= 15 is 0 Å². The smallest absolute Gasteiger partial charge is 0.337 e. The number of aryl methyl sites for hydroxylation is 1. The van der Waals surface area contributed by atoms with Gasteiger partial charge in [0.1, 0.15) is 5.60 Å². The summed E-state index contributed by atoms with van der Waals surface area (Å²) >= 11 is 0. The number of carbonyl (C=O) groups excluding carboxylic acids is 1. The number of ether oxygens (including phenoxy) is 1. The lowest BCUT2D eigenvalue weighted by atomic mass is 9.72. The van der Waals surface area contributed by atoms with Crippen LogP contribution in [-0.2, 0) is 16.8 Å². The topological polar surface area (TPSA) is 49.8 Å². The summed E-state index contributed by atoms with van der Waals surface area (Å²) < 4.78 is 4.76. The number of carbonyl (C=O) groups is 1. The van der Waals surface area contributed by atoms with Gasteiger partial charge < -0.3 is 14.7 Å². The van der Waals surface area contributed by atoms with E-state index in [9.17, 15) is 9.90 Å². The minimum Gasteiger partial charge on any atom is -0.465 e. The highest BCUT2D eigenvalue weighted by Crippen LogP contribution is 2.41. The summed E-state index contributed by atoms with van der Waals surface area (Å²) in [4.78, 5) is 14.1. The number of hydrogen-bond donors (Lipinski definition) is 1. The Hall–Kier alpha value is -2.95. The molecule has 0 radical (unpaired) electrons. The van der Waals surface area contributed by atoms with Crippen LogP contribution in [0.25, 0.3) is 0 Å². The molecule has 4 rings (SSSR count). The van der Waals surface area contributed by atoms with Crippen LogP contribution in [0.3, 0.4) is 0 Å². The lowest BCUT2D eigenvalue weighted by Crippen LogP contribution is -2.44. The molecular formula is C30H35NO3. The molecule has 1 aliphatic rings. The fraction of sp³-hybridized carbons (Fsp3) is 0.367. The van der Waals surface area contributed by atoms with Crippen LogP contribution in [0.1, 0.15) is 52.7 Å². The Morgan fingerprint density at radius 3 is 1.97 bits per heavy atom. The molecule has 1 heterocycles. The zero-order valence-corrected chi connectivity index (χ0v) is 20.0. The van der Waals surface area contributed by atoms with Gasteiger partial charge in [0.25, 0.3) is 0 Å². The number of nitrogens with zero attached hydrogens (tertiary/aromatic N) is 1. The maximum atomic E-state index is 12.0. The number of piperidine rings is 1. The zero-order chi connectivity index (χ0) is 23.8. The largest absolute Gasteiger partial charge is 0.465 e. The molecule has 1 N–H and O–H groups in total. The Bertz CT molecular complexity index is 986. The van der Waals surface area contributed by atoms with E-state index in [1.54, 1.807) is 0 Å². The first-order valence-corrected chi connectivity index (χ1v) is 12.3. The number of hydrogen-bond acceptors (Lipinski definition) is 4. The number of methoxy groups -OCH3 is 1. The molecule has 0 spiro atoms. The summed E-state index contributed by atoms with van der Waals surface area (Å²) in [5, 5.41) is 12.0. The van der Waals surface area contributed by atoms with Crippen LogP contribution in [0, 0.1) is 5.92 Å². The molecular weight excluding hydrogens is 422 g/mol. The highest BCUT2D eigenvalue weighted by molar-refractivity contribution is 5.89. The van der Waals surface area contributed by atoms with E-state index in [4.69, 9.17) is 4.74 Å². The minimum absolute atomic E-state index is 0.196. The second kappa shape index (κ2) is 11.5. The number of rotatable bonds is 9. The van der Waals surface area contributed by atoms with Crippen molar-refractivity contribution in [2.75, 3.05) is 26.7 Å². The molecule has 34 heavy (non-hydrogen) atoms. The molecule has 1 saturated heterocycles. The summed E-state index contributed by atoms with van der Waals surface area (Å²) in [5.41, 5.74) is 2.86. The van der Waals surface area contributed by atoms with Gasteiger partial charge in [0, 0.05) is 0 Å². The minimum atomic E-state index is -0.953. The molecule has 0 amide bonds. The molecule has 178 valence electrons. The number of unbranched alkanes of at least 4 members (excludes halogenated alkanes) is 1. The predicted octanol–water partition coefficient (Wildman–Crippen LogP) is 5.44. The summed E-state index contributed by atoms with van der Waals surface area (Å²) in [6, 6.07) is 28.0. The van der Waals surface area contributed by atoms with Gasteiger partial charge in [-0.1, -0.05) is 72.8 Å². The molecule has 4 nitrogen and oxygen atoms in total. The van der Waals surface area contributed by atoms with Crippen LogP contribution < -0.4 is 0 Å². The Morgan fingerprint density at radius 1 is 0.882 bits per heavy atom. The third-order valence-electron chi connectivity index (χ3n) is 7.17. The van der Waals surface area contributed by atoms with Crippen molar-refractivity contribution in [3.63, 3.8) is 0 Å². The quantitative estimate of drug-likeness (QED) is 0.343. The van der Waals surface area contributed by atoms with Crippen molar-refractivity contribution in [2.24, 2.45) is 5.92 Å². The molecule has 4 heteroatoms. The van der Waals surface area contributed by atoms with E-state index in [-0.39, 0.29) is 11.9 Å². The van der Waals surface area contributed by atoms with Gasteiger partial charge in [-0.05, 0) is 86.5 Å². The van der Waals surface area contributed by atoms with Crippen molar-refractivity contribution < 1.29 is 14.6 Å². The maximum absolute atomic E-state index is 12.0. The van der Waals surface area contributed by atoms with Crippen LogP contribution in [-0.4, -0.2) is 42.7 Å². The number of benzene rings is 3. The number of esters is 1. The first-order chi connectivity index (χ1) is 16.6. The average Bonchev–Trinajstić information content (AvgIpc) is 2.92. The normalized spacial score (nSPS) is 15.2. The van der Waals surface area contributed by atoms with Crippen molar-refractivity contribution in [3.05, 3.63) is 107 Å². The summed E-state index contributed by atoms with van der Waals surface area (Å²) in [6.45, 7) is 3.11. The molecule has 3 aromatic carbocycles. The SMILES string of the molecule is COC(=O)c1ccc(CCCCN2CCC(C(O)(c3ccccc3)c3ccccc3)CC2)cc1. The monoisotopic (exact) mass is 457 g/mol. The molecule has 0 aliphatic carbocycles. The lowest BCUT2D eigenvalue weighted by molar-refractivity contribution is -0.0143. The Labute approximate surface area is 203 Å². The van der Waals surface area contributed by atoms with E-state index in [2.05, 4.69) is 29.2 Å². The molecule has 1 aliphatic heterocycles. The van der Waals surface area contributed by atoms with Crippen molar-refractivity contribution in [2.45, 2.75) is 37.7 Å². The van der Waals surface area contributed by atoms with Gasteiger partial charge in [-0.3, -0.25) is 0 Å². The van der Waals surface area contributed by atoms with E-state index in [0.29, 0.717) is 5.56 Å². The van der Waals surface area contributed by atoms with Crippen molar-refractivity contribution in [1.82, 2.24) is 4.90 Å². The highest BCUT2D eigenvalue weighted by Gasteiger charge is 2.41. The molecule has 0 unspecified atom stereocenters. The van der Waals surface area contributed by atoms with Crippen LogP contribution in [0.5, 0.6) is 0 Å². The van der Waals surface area contributed by atoms with Crippen LogP contribution >= 0.6 is 0 Å². The lowest BCUT2D eigenvalue weighted by Gasteiger charge is -2.42. The van der Waals surface area contributed by atoms with Gasteiger partial charge in [0.2, 0.25) is 0 Å². The molecule has 0 bridgehead atoms. The fourth-order valence-corrected chi connectivity index (χ4v) is 5.19. The summed E-state index contributed by atoms with van der Waals surface area (Å²) in [7, 11) is 1.41. The number of aliphatic hydroxyl groups is 1. The van der Waals surface area contributed by atoms with Crippen molar-refractivity contribution >= 4 is 5.97 Å². The van der Waals surface area contributed by atoms with Crippen LogP contribution in [0.15, 0.2) is 84.9 Å². The van der Waals surface area contributed by atoms with Gasteiger partial charge in [0.15, 0.2) is 0 Å². The van der Waals surface area contributed by atoms with E-state index < -0.39 is 5.60 Å². The summed E-state index contributed by atoms with van der Waals surface area (Å²) in [5.74, 6) is -0.0942. The van der Waals surface area contributed by atoms with Gasteiger partial charge in [-0.15, -0.1) is 0 Å². The van der Waals surface area contributed by atoms with Gasteiger partial charge >= 0.3 is 5.97 Å². The zero-order valence-electron chi connectivity index (χ0n) is 20.0. The standard InChI is InChI=1S/C30H35NO3/c1-34-29(32)25-17-15-24(16-18-25)10-8-9-21-31-22-19-28(20-23-31)30(33,26-11-4-2-5-12-26)27-13-6-3-7-14-27/h2-7,11-18,28,33H,8-10,19-23H2,1H3. The Kier molecular flexibility index (Phi) is 8.15. The van der Waals surface area contributed by atoms with Gasteiger partial charge in [-0.2, -0.15) is 0 Å². The van der Waals surface area contributed by atoms with Gasteiger partial charge in [-0.25, -0.2) is 4.79 Å². The second-order valence-corrected chi connectivity index (χ2v) is 9.26. The molecule has 0 saturated carbocycles. The molecule has 0 aromatic heterocycles. The Balaban J connectivity index is 1.29. The third kappa shape index (κ3) is 5.57. The van der Waals surface area contributed by atoms with E-state index in [1.807, 2.05) is 60.7 Å². The highest BCUT2D eigenvalue weighted by atomic mass is 16.5. The summed E-state index contributed by atoms with van der Waals surface area (Å²) in [6.07, 6.45) is 5.24. The average molecular weight is 458 g/mol. The second-order valence-electron chi connectivity index (χ2n) is 9.26. The molecule has 1 fully saturated rings. The first-order valence-electron chi connectivity index (χ1n) is 12.3. The predicted molar refractivity (Wildman–Crippen MR) is 136 cm³/mol. The van der Waals surface area contributed by atoms with Crippen LogP contribution in [0.4, 0.5) is 0 Å². The van der Waals surface area contributed by atoms with E-state index in [1.165, 1.54) is 12.7 Å².